The average molecular weight is 297 g/mol. The van der Waals surface area contributed by atoms with Gasteiger partial charge in [-0.25, -0.2) is 20.5 Å². The average Bonchev–Trinajstić information content (AvgIpc) is 2.57. The highest BCUT2D eigenvalue weighted by atomic mass is 79.9. The van der Waals surface area contributed by atoms with E-state index in [1.807, 2.05) is 20.8 Å². The van der Waals surface area contributed by atoms with Crippen LogP contribution in [0, 0.1) is 20.8 Å². The predicted molar refractivity (Wildman–Crippen MR) is 68.9 cm³/mol. The Bertz CT molecular complexity index is 562. The highest BCUT2D eigenvalue weighted by Gasteiger charge is 2.15. The molecule has 2 aromatic heterocycles. The van der Waals surface area contributed by atoms with Crippen LogP contribution in [0.2, 0.25) is 0 Å². The smallest absolute Gasteiger partial charge is 0.173 e. The molecule has 0 radical (unpaired) electrons. The highest BCUT2D eigenvalue weighted by Crippen LogP contribution is 2.26. The molecule has 0 aliphatic carbocycles. The molecule has 2 rings (SSSR count). The normalized spacial score (nSPS) is 10.6. The number of aryl methyl sites for hydroxylation is 1. The van der Waals surface area contributed by atoms with E-state index < -0.39 is 0 Å². The van der Waals surface area contributed by atoms with Crippen molar-refractivity contribution in [1.29, 1.82) is 0 Å². The van der Waals surface area contributed by atoms with Gasteiger partial charge in [-0.3, -0.25) is 0 Å². The number of rotatable bonds is 2. The maximum absolute atomic E-state index is 5.37. The second-order valence-corrected chi connectivity index (χ2v) is 4.50. The van der Waals surface area contributed by atoms with E-state index in [4.69, 9.17) is 5.84 Å². The van der Waals surface area contributed by atoms with E-state index in [0.717, 1.165) is 17.0 Å². The third kappa shape index (κ3) is 1.91. The lowest BCUT2D eigenvalue weighted by atomic mass is 10.2. The molecule has 3 N–H and O–H groups in total. The number of nitrogens with two attached hydrogens (primary N) is 1. The summed E-state index contributed by atoms with van der Waals surface area (Å²) in [6.07, 6.45) is 1.45. The van der Waals surface area contributed by atoms with Gasteiger partial charge >= 0.3 is 0 Å². The van der Waals surface area contributed by atoms with Crippen molar-refractivity contribution < 1.29 is 0 Å². The minimum atomic E-state index is 0.528. The van der Waals surface area contributed by atoms with Gasteiger partial charge in [-0.15, -0.1) is 0 Å². The maximum Gasteiger partial charge on any atom is 0.173 e. The van der Waals surface area contributed by atoms with Crippen LogP contribution in [-0.2, 0) is 0 Å². The molecule has 0 saturated heterocycles. The summed E-state index contributed by atoms with van der Waals surface area (Å²) in [7, 11) is 0. The van der Waals surface area contributed by atoms with E-state index in [0.29, 0.717) is 16.1 Å². The fourth-order valence-corrected chi connectivity index (χ4v) is 2.02. The summed E-state index contributed by atoms with van der Waals surface area (Å²) < 4.78 is 2.46. The van der Waals surface area contributed by atoms with Crippen molar-refractivity contribution >= 4 is 21.7 Å². The van der Waals surface area contributed by atoms with E-state index in [1.54, 1.807) is 4.68 Å². The van der Waals surface area contributed by atoms with Gasteiger partial charge in [0.2, 0.25) is 0 Å². The number of halogens is 1. The Morgan fingerprint density at radius 1 is 1.29 bits per heavy atom. The van der Waals surface area contributed by atoms with Gasteiger partial charge in [0.25, 0.3) is 0 Å². The van der Waals surface area contributed by atoms with Gasteiger partial charge < -0.3 is 5.43 Å². The van der Waals surface area contributed by atoms with Crippen molar-refractivity contribution in [3.63, 3.8) is 0 Å². The fourth-order valence-electron chi connectivity index (χ4n) is 1.54. The molecular weight excluding hydrogens is 284 g/mol. The minimum Gasteiger partial charge on any atom is -0.307 e. The zero-order valence-electron chi connectivity index (χ0n) is 9.82. The number of hydrazine groups is 1. The third-order valence-electron chi connectivity index (χ3n) is 2.76. The summed E-state index contributed by atoms with van der Waals surface area (Å²) in [5.74, 6) is 6.57. The number of hydrogen-bond acceptors (Lipinski definition) is 5. The molecule has 0 aromatic carbocycles. The topological polar surface area (TPSA) is 81.7 Å². The number of hydrogen-bond donors (Lipinski definition) is 2. The van der Waals surface area contributed by atoms with Gasteiger partial charge in [0.15, 0.2) is 11.6 Å². The van der Waals surface area contributed by atoms with Crippen LogP contribution < -0.4 is 11.3 Å². The van der Waals surface area contributed by atoms with Crippen LogP contribution in [0.1, 0.15) is 17.0 Å². The van der Waals surface area contributed by atoms with Gasteiger partial charge in [0, 0.05) is 5.69 Å². The van der Waals surface area contributed by atoms with Gasteiger partial charge in [-0.1, -0.05) is 0 Å². The quantitative estimate of drug-likeness (QED) is 0.650. The number of anilines is 1. The third-order valence-corrected chi connectivity index (χ3v) is 3.49. The van der Waals surface area contributed by atoms with E-state index >= 15 is 0 Å². The van der Waals surface area contributed by atoms with Crippen LogP contribution in [0.25, 0.3) is 5.82 Å². The molecule has 0 atom stereocenters. The molecule has 17 heavy (non-hydrogen) atoms. The second-order valence-electron chi connectivity index (χ2n) is 3.71. The molecule has 2 heterocycles. The first kappa shape index (κ1) is 12.0. The molecule has 7 heteroatoms. The maximum atomic E-state index is 5.37. The lowest BCUT2D eigenvalue weighted by Crippen LogP contribution is -2.12. The molecule has 6 nitrogen and oxygen atoms in total. The van der Waals surface area contributed by atoms with E-state index in [2.05, 4.69) is 36.4 Å². The molecule has 0 bridgehead atoms. The molecule has 0 saturated carbocycles. The number of nitrogens with zero attached hydrogens (tertiary/aromatic N) is 4. The monoisotopic (exact) mass is 296 g/mol. The van der Waals surface area contributed by atoms with Crippen molar-refractivity contribution in [3.8, 4) is 5.82 Å². The van der Waals surface area contributed by atoms with Gasteiger partial charge in [0.05, 0.1) is 5.69 Å². The van der Waals surface area contributed by atoms with Gasteiger partial charge in [0.1, 0.15) is 10.8 Å². The van der Waals surface area contributed by atoms with E-state index in [9.17, 15) is 0 Å². The van der Waals surface area contributed by atoms with Crippen LogP contribution in [0.15, 0.2) is 10.8 Å². The fraction of sp³-hybridized carbons (Fsp3) is 0.300. The molecule has 0 aliphatic heterocycles. The zero-order valence-corrected chi connectivity index (χ0v) is 11.4. The molecule has 0 aliphatic rings. The molecule has 2 aromatic rings. The highest BCUT2D eigenvalue weighted by molar-refractivity contribution is 9.10. The van der Waals surface area contributed by atoms with Crippen molar-refractivity contribution in [1.82, 2.24) is 19.7 Å². The summed E-state index contributed by atoms with van der Waals surface area (Å²) in [5.41, 5.74) is 5.69. The van der Waals surface area contributed by atoms with Crippen LogP contribution in [0.4, 0.5) is 5.82 Å². The number of nitrogens with one attached hydrogen (secondary N) is 1. The van der Waals surface area contributed by atoms with Crippen molar-refractivity contribution in [2.45, 2.75) is 20.8 Å². The summed E-state index contributed by atoms with van der Waals surface area (Å²) in [4.78, 5) is 8.23. The van der Waals surface area contributed by atoms with Crippen LogP contribution in [0.5, 0.6) is 0 Å². The first-order valence-electron chi connectivity index (χ1n) is 5.06. The molecule has 90 valence electrons. The van der Waals surface area contributed by atoms with Crippen LogP contribution in [-0.4, -0.2) is 19.7 Å². The van der Waals surface area contributed by atoms with E-state index in [-0.39, 0.29) is 0 Å². The first-order chi connectivity index (χ1) is 8.06. The summed E-state index contributed by atoms with van der Waals surface area (Å²) in [5, 5.41) is 4.44. The molecule has 0 spiro atoms. The Kier molecular flexibility index (Phi) is 3.12. The van der Waals surface area contributed by atoms with Crippen molar-refractivity contribution in [2.24, 2.45) is 5.84 Å². The standard InChI is InChI=1S/C10H13BrN6/c1-5-6(2)16-17(7(5)3)10-8(11)9(15-12)13-4-14-10/h4H,12H2,1-3H3,(H,13,14,15). The summed E-state index contributed by atoms with van der Waals surface area (Å²) in [6, 6.07) is 0. The largest absolute Gasteiger partial charge is 0.307 e. The molecule has 0 amide bonds. The minimum absolute atomic E-state index is 0.528. The number of aromatic nitrogens is 4. The molecule has 0 fully saturated rings. The second kappa shape index (κ2) is 4.42. The van der Waals surface area contributed by atoms with Crippen LogP contribution >= 0.6 is 15.9 Å². The lowest BCUT2D eigenvalue weighted by Gasteiger charge is -2.08. The number of nitrogen functional groups attached to an aromatic ring is 1. The first-order valence-corrected chi connectivity index (χ1v) is 5.86. The Morgan fingerprint density at radius 2 is 2.00 bits per heavy atom. The molecule has 0 unspecified atom stereocenters. The van der Waals surface area contributed by atoms with Gasteiger partial charge in [-0.05, 0) is 42.3 Å². The predicted octanol–water partition coefficient (Wildman–Crippen LogP) is 1.64. The Morgan fingerprint density at radius 3 is 2.53 bits per heavy atom. The zero-order chi connectivity index (χ0) is 12.6. The SMILES string of the molecule is Cc1nn(-c2ncnc(NN)c2Br)c(C)c1C. The Balaban J connectivity index is 2.64. The van der Waals surface area contributed by atoms with Crippen molar-refractivity contribution in [2.75, 3.05) is 5.43 Å². The van der Waals surface area contributed by atoms with Crippen LogP contribution in [0.3, 0.4) is 0 Å². The molecular formula is C10H13BrN6. The van der Waals surface area contributed by atoms with Crippen molar-refractivity contribution in [3.05, 3.63) is 27.8 Å². The Hall–Kier alpha value is -1.47. The summed E-state index contributed by atoms with van der Waals surface area (Å²) in [6.45, 7) is 6.00. The lowest BCUT2D eigenvalue weighted by molar-refractivity contribution is 0.795. The van der Waals surface area contributed by atoms with Gasteiger partial charge in [-0.2, -0.15) is 5.10 Å². The Labute approximate surface area is 107 Å². The van der Waals surface area contributed by atoms with E-state index in [1.165, 1.54) is 6.33 Å². The summed E-state index contributed by atoms with van der Waals surface area (Å²) >= 11 is 3.42.